The Morgan fingerprint density at radius 3 is 1.78 bits per heavy atom. The van der Waals surface area contributed by atoms with Gasteiger partial charge >= 0.3 is 0 Å². The summed E-state index contributed by atoms with van der Waals surface area (Å²) in [6.45, 7) is 4.48. The van der Waals surface area contributed by atoms with Gasteiger partial charge in [-0.05, 0) is 79.6 Å². The zero-order valence-electron chi connectivity index (χ0n) is 35.1. The molecule has 3 aliphatic rings. The summed E-state index contributed by atoms with van der Waals surface area (Å²) in [7, 11) is 6.58. The number of H-pyrrole nitrogens is 1. The monoisotopic (exact) mass is 794 g/mol. The first-order valence-electron chi connectivity index (χ1n) is 20.8. The number of ether oxygens (including phenoxy) is 4. The van der Waals surface area contributed by atoms with Crippen molar-refractivity contribution in [1.29, 1.82) is 0 Å². The van der Waals surface area contributed by atoms with Gasteiger partial charge in [0.15, 0.2) is 29.2 Å². The van der Waals surface area contributed by atoms with Crippen LogP contribution in [-0.4, -0.2) is 49.8 Å². The molecule has 0 bridgehead atoms. The van der Waals surface area contributed by atoms with Crippen LogP contribution in [0.2, 0.25) is 0 Å². The summed E-state index contributed by atoms with van der Waals surface area (Å²) in [6.07, 6.45) is 6.91. The van der Waals surface area contributed by atoms with Crippen LogP contribution in [0.3, 0.4) is 0 Å². The van der Waals surface area contributed by atoms with E-state index in [4.69, 9.17) is 33.9 Å². The summed E-state index contributed by atoms with van der Waals surface area (Å²) >= 11 is 0. The van der Waals surface area contributed by atoms with Crippen molar-refractivity contribution in [3.8, 4) is 45.5 Å². The maximum atomic E-state index is 5.71. The van der Waals surface area contributed by atoms with Crippen molar-refractivity contribution in [3.05, 3.63) is 166 Å². The van der Waals surface area contributed by atoms with Crippen LogP contribution in [0, 0.1) is 5.41 Å². The normalized spacial score (nSPS) is 17.1. The fourth-order valence-corrected chi connectivity index (χ4v) is 9.02. The van der Waals surface area contributed by atoms with E-state index < -0.39 is 6.17 Å². The molecule has 1 fully saturated rings. The lowest BCUT2D eigenvalue weighted by Crippen LogP contribution is -2.14. The summed E-state index contributed by atoms with van der Waals surface area (Å²) in [6, 6.07) is 39.8. The Balaban J connectivity index is 1.05. The third kappa shape index (κ3) is 7.10. The number of hydrogen-bond acceptors (Lipinski definition) is 7. The summed E-state index contributed by atoms with van der Waals surface area (Å²) < 4.78 is 22.6. The molecule has 0 radical (unpaired) electrons. The van der Waals surface area contributed by atoms with Gasteiger partial charge in [-0.2, -0.15) is 0 Å². The molecule has 1 unspecified atom stereocenters. The Morgan fingerprint density at radius 2 is 1.22 bits per heavy atom. The van der Waals surface area contributed by atoms with E-state index in [1.807, 2.05) is 36.4 Å². The van der Waals surface area contributed by atoms with Crippen molar-refractivity contribution in [2.75, 3.05) is 28.4 Å². The predicted octanol–water partition coefficient (Wildman–Crippen LogP) is 11.5. The van der Waals surface area contributed by atoms with Gasteiger partial charge in [-0.15, -0.1) is 0 Å². The number of benzene rings is 5. The molecule has 6 aromatic rings. The Hall–Kier alpha value is -6.67. The summed E-state index contributed by atoms with van der Waals surface area (Å²) in [5.41, 5.74) is 15.6. The Morgan fingerprint density at radius 1 is 0.617 bits per heavy atom. The third-order valence-electron chi connectivity index (χ3n) is 12.3. The molecule has 0 spiro atoms. The minimum Gasteiger partial charge on any atom is -0.493 e. The number of allylic oxidation sites excluding steroid dienone is 4. The second kappa shape index (κ2) is 16.2. The topological polar surface area (TPSA) is 90.3 Å². The molecule has 60 heavy (non-hydrogen) atoms. The number of methoxy groups -OCH3 is 4. The van der Waals surface area contributed by atoms with Gasteiger partial charge in [0.1, 0.15) is 5.82 Å². The first-order valence-corrected chi connectivity index (χ1v) is 20.8. The van der Waals surface area contributed by atoms with Crippen LogP contribution in [-0.2, 0) is 12.8 Å². The van der Waals surface area contributed by atoms with Gasteiger partial charge in [0.05, 0.1) is 51.3 Å². The van der Waals surface area contributed by atoms with Crippen molar-refractivity contribution in [2.45, 2.75) is 52.1 Å². The van der Waals surface area contributed by atoms with Crippen LogP contribution in [0.25, 0.3) is 28.1 Å². The average molecular weight is 795 g/mol. The maximum absolute atomic E-state index is 5.71. The molecule has 0 amide bonds. The molecule has 2 aliphatic carbocycles. The Bertz CT molecular complexity index is 2580. The molecular weight excluding hydrogens is 745 g/mol. The van der Waals surface area contributed by atoms with Crippen molar-refractivity contribution in [2.24, 2.45) is 15.4 Å². The van der Waals surface area contributed by atoms with Gasteiger partial charge in [-0.25, -0.2) is 4.98 Å². The molecule has 8 heteroatoms. The average Bonchev–Trinajstić information content (AvgIpc) is 3.58. The highest BCUT2D eigenvalue weighted by molar-refractivity contribution is 6.54. The van der Waals surface area contributed by atoms with Crippen molar-refractivity contribution >= 4 is 17.0 Å². The number of fused-ring (bicyclic) bond motifs is 1. The highest BCUT2D eigenvalue weighted by Gasteiger charge is 2.51. The fourth-order valence-electron chi connectivity index (χ4n) is 9.02. The van der Waals surface area contributed by atoms with Crippen LogP contribution in [0.15, 0.2) is 142 Å². The van der Waals surface area contributed by atoms with E-state index in [1.54, 1.807) is 28.4 Å². The molecule has 1 aliphatic heterocycles. The summed E-state index contributed by atoms with van der Waals surface area (Å²) in [5.74, 6) is 3.52. The van der Waals surface area contributed by atoms with Crippen molar-refractivity contribution in [1.82, 2.24) is 9.97 Å². The minimum absolute atomic E-state index is 0.106. The van der Waals surface area contributed by atoms with Gasteiger partial charge in [-0.1, -0.05) is 110 Å². The zero-order chi connectivity index (χ0) is 41.4. The van der Waals surface area contributed by atoms with E-state index in [0.29, 0.717) is 23.0 Å². The lowest BCUT2D eigenvalue weighted by Gasteiger charge is -2.23. The lowest BCUT2D eigenvalue weighted by molar-refractivity contribution is 0.355. The fraction of sp³-hybridized carbons (Fsp3) is 0.250. The van der Waals surface area contributed by atoms with Crippen LogP contribution in [0.1, 0.15) is 72.9 Å². The summed E-state index contributed by atoms with van der Waals surface area (Å²) in [5, 5.41) is 0. The highest BCUT2D eigenvalue weighted by atomic mass is 16.5. The molecule has 1 aromatic heterocycles. The number of aliphatic imine (C=N–C) groups is 2. The number of nitrogens with zero attached hydrogens (tertiary/aromatic N) is 3. The molecule has 5 aromatic carbocycles. The van der Waals surface area contributed by atoms with E-state index in [1.165, 1.54) is 27.8 Å². The van der Waals surface area contributed by atoms with Crippen molar-refractivity contribution < 1.29 is 18.9 Å². The Labute approximate surface area is 352 Å². The van der Waals surface area contributed by atoms with E-state index >= 15 is 0 Å². The van der Waals surface area contributed by atoms with Gasteiger partial charge < -0.3 is 23.9 Å². The predicted molar refractivity (Wildman–Crippen MR) is 241 cm³/mol. The van der Waals surface area contributed by atoms with Crippen molar-refractivity contribution in [3.63, 3.8) is 0 Å². The first-order chi connectivity index (χ1) is 29.4. The Kier molecular flexibility index (Phi) is 10.5. The van der Waals surface area contributed by atoms with Crippen LogP contribution in [0.5, 0.6) is 23.0 Å². The van der Waals surface area contributed by atoms with E-state index in [2.05, 4.69) is 104 Å². The van der Waals surface area contributed by atoms with Crippen LogP contribution >= 0.6 is 0 Å². The maximum Gasteiger partial charge on any atom is 0.166 e. The molecule has 1 N–H and O–H groups in total. The summed E-state index contributed by atoms with van der Waals surface area (Å²) in [4.78, 5) is 19.8. The smallest absolute Gasteiger partial charge is 0.166 e. The van der Waals surface area contributed by atoms with E-state index in [9.17, 15) is 0 Å². The van der Waals surface area contributed by atoms with Gasteiger partial charge in [-0.3, -0.25) is 9.98 Å². The number of aryl methyl sites for hydroxylation is 1. The van der Waals surface area contributed by atoms with Gasteiger partial charge in [0, 0.05) is 38.8 Å². The molecular formula is C52H50N4O4. The van der Waals surface area contributed by atoms with Crippen LogP contribution < -0.4 is 18.9 Å². The van der Waals surface area contributed by atoms with Gasteiger partial charge in [0.2, 0.25) is 0 Å². The number of hydrogen-bond donors (Lipinski definition) is 1. The SMILES string of the molecule is CCC1=C(c2nc(-c3ccccc3)c(-c3ccccc3)[nH]2)C=C2CC2(Cc2ccc(CC)c(C3N=C(c4ccc(OC)c(OC)c4)C(c4ccc(OC)c(OC)c4)=N3)c2)C1. The first kappa shape index (κ1) is 38.8. The molecule has 1 saturated carbocycles. The third-order valence-corrected chi connectivity index (χ3v) is 12.3. The number of aromatic nitrogens is 2. The quantitative estimate of drug-likeness (QED) is 0.119. The molecule has 1 atom stereocenters. The molecule has 2 heterocycles. The second-order valence-electron chi connectivity index (χ2n) is 15.7. The van der Waals surface area contributed by atoms with Gasteiger partial charge in [0.25, 0.3) is 0 Å². The number of aromatic amines is 1. The molecule has 0 saturated heterocycles. The minimum atomic E-state index is -0.418. The largest absolute Gasteiger partial charge is 0.493 e. The second-order valence-corrected chi connectivity index (χ2v) is 15.7. The highest BCUT2D eigenvalue weighted by Crippen LogP contribution is 2.62. The molecule has 302 valence electrons. The molecule has 9 rings (SSSR count). The zero-order valence-corrected chi connectivity index (χ0v) is 35.1. The standard InChI is InChI=1S/C52H50N4O4/c1-7-33-20-19-32(25-40(33)50-55-48(37-21-23-42(57-3)44(26-37)59-5)49(56-50)38-22-24-43(58-4)45(27-38)60-6)29-52-30-34(8-2)41(28-39(52)31-52)51-53-46(35-15-11-9-12-16-35)47(54-51)36-17-13-10-14-18-36/h9-28,50H,7-8,29-31H2,1-6H3,(H,53,54). The van der Waals surface area contributed by atoms with E-state index in [-0.39, 0.29) is 5.41 Å². The number of imidazole rings is 1. The molecule has 8 nitrogen and oxygen atoms in total. The van der Waals surface area contributed by atoms with Crippen LogP contribution in [0.4, 0.5) is 0 Å². The lowest BCUT2D eigenvalue weighted by atomic mass is 9.82. The number of nitrogens with one attached hydrogen (secondary N) is 1. The van der Waals surface area contributed by atoms with E-state index in [0.717, 1.165) is 88.6 Å². The number of rotatable bonds is 14.